The number of carbonyl (C=O) groups is 2. The Labute approximate surface area is 410 Å². The maximum absolute atomic E-state index is 14.2. The predicted molar refractivity (Wildman–Crippen MR) is 274 cm³/mol. The fourth-order valence-corrected chi connectivity index (χ4v) is 9.93. The van der Waals surface area contributed by atoms with Gasteiger partial charge in [0.2, 0.25) is 11.8 Å². The van der Waals surface area contributed by atoms with Crippen molar-refractivity contribution in [1.29, 1.82) is 0 Å². The summed E-state index contributed by atoms with van der Waals surface area (Å²) in [5.74, 6) is 2.92. The number of aromatic amines is 2. The molecule has 3 N–H and O–H groups in total. The van der Waals surface area contributed by atoms with E-state index in [0.717, 1.165) is 98.1 Å². The van der Waals surface area contributed by atoms with E-state index in [2.05, 4.69) is 99.2 Å². The van der Waals surface area contributed by atoms with Crippen LogP contribution in [0.3, 0.4) is 0 Å². The number of pyridine rings is 2. The molecule has 350 valence electrons. The number of aryl methyl sites for hydroxylation is 2. The van der Waals surface area contributed by atoms with Crippen LogP contribution in [0.15, 0.2) is 145 Å². The highest BCUT2D eigenvalue weighted by Crippen LogP contribution is 2.42. The summed E-state index contributed by atoms with van der Waals surface area (Å²) in [7, 11) is 0. The van der Waals surface area contributed by atoms with E-state index in [-0.39, 0.29) is 17.7 Å². The molecule has 5 aromatic heterocycles. The molecule has 2 atom stereocenters. The third-order valence-electron chi connectivity index (χ3n) is 12.8. The number of anilines is 2. The van der Waals surface area contributed by atoms with Crippen molar-refractivity contribution in [3.8, 4) is 45.0 Å². The van der Waals surface area contributed by atoms with E-state index in [4.69, 9.17) is 0 Å². The first kappa shape index (κ1) is 45.8. The fourth-order valence-electron chi connectivity index (χ4n) is 9.37. The van der Waals surface area contributed by atoms with Gasteiger partial charge in [0.25, 0.3) is 0 Å². The molecule has 4 aromatic carbocycles. The third kappa shape index (κ3) is 10.1. The van der Waals surface area contributed by atoms with E-state index in [0.29, 0.717) is 37.7 Å². The molecule has 2 aliphatic rings. The molecular weight excluding hydrogens is 893 g/mol. The molecule has 15 heteroatoms. The molecule has 9 aromatic rings. The molecule has 2 aliphatic heterocycles. The van der Waals surface area contributed by atoms with Gasteiger partial charge in [-0.05, 0) is 133 Å². The normalized spacial score (nSPS) is 13.6. The lowest BCUT2D eigenvalue weighted by atomic mass is 9.96. The zero-order valence-electron chi connectivity index (χ0n) is 39.2. The lowest BCUT2D eigenvalue weighted by Gasteiger charge is -2.25. The van der Waals surface area contributed by atoms with Gasteiger partial charge in [0, 0.05) is 78.2 Å². The molecule has 0 saturated heterocycles. The quantitative estimate of drug-likeness (QED) is 0.101. The van der Waals surface area contributed by atoms with Crippen LogP contribution in [0.1, 0.15) is 46.5 Å². The van der Waals surface area contributed by atoms with Gasteiger partial charge in [0.1, 0.15) is 11.6 Å². The molecule has 0 unspecified atom stereocenters. The summed E-state index contributed by atoms with van der Waals surface area (Å²) in [6, 6.07) is 36.3. The van der Waals surface area contributed by atoms with Crippen molar-refractivity contribution in [2.24, 2.45) is 5.92 Å². The molecule has 0 bridgehead atoms. The summed E-state index contributed by atoms with van der Waals surface area (Å²) in [4.78, 5) is 53.4. The smallest absolute Gasteiger partial charge is 0.244 e. The van der Waals surface area contributed by atoms with Gasteiger partial charge in [0.15, 0.2) is 11.6 Å². The Hall–Kier alpha value is -8.01. The van der Waals surface area contributed by atoms with Crippen LogP contribution in [0, 0.1) is 19.8 Å². The Bertz CT molecular complexity index is 3220. The first-order valence-electron chi connectivity index (χ1n) is 23.5. The van der Waals surface area contributed by atoms with Crippen LogP contribution in [0.5, 0.6) is 0 Å². The molecule has 0 spiro atoms. The summed E-state index contributed by atoms with van der Waals surface area (Å²) < 4.78 is 0. The highest BCUT2D eigenvalue weighted by Gasteiger charge is 2.34. The maximum atomic E-state index is 14.2. The Morgan fingerprint density at radius 2 is 1.14 bits per heavy atom. The number of fused-ring (bicyclic) bond motifs is 2. The van der Waals surface area contributed by atoms with Gasteiger partial charge < -0.3 is 9.80 Å². The van der Waals surface area contributed by atoms with Crippen LogP contribution in [0.2, 0.25) is 0 Å². The van der Waals surface area contributed by atoms with Crippen molar-refractivity contribution in [2.75, 3.05) is 22.9 Å². The molecule has 70 heavy (non-hydrogen) atoms. The van der Waals surface area contributed by atoms with Crippen LogP contribution in [0.25, 0.3) is 45.0 Å². The molecule has 0 aliphatic carbocycles. The van der Waals surface area contributed by atoms with Gasteiger partial charge in [-0.3, -0.25) is 35.1 Å². The fraction of sp³-hybridized carbons (Fsp3) is 0.218. The zero-order chi connectivity index (χ0) is 48.0. The van der Waals surface area contributed by atoms with Gasteiger partial charge in [-0.15, -0.1) is 11.3 Å². The zero-order valence-corrected chi connectivity index (χ0v) is 40.0. The Kier molecular flexibility index (Phi) is 13.5. The van der Waals surface area contributed by atoms with Gasteiger partial charge >= 0.3 is 0 Å². The summed E-state index contributed by atoms with van der Waals surface area (Å²) >= 11 is 1.56. The van der Waals surface area contributed by atoms with Crippen molar-refractivity contribution < 1.29 is 9.59 Å². The molecule has 0 saturated carbocycles. The second kappa shape index (κ2) is 20.7. The average molecular weight is 945 g/mol. The largest absolute Gasteiger partial charge is 0.312 e. The van der Waals surface area contributed by atoms with E-state index in [1.807, 2.05) is 102 Å². The monoisotopic (exact) mass is 944 g/mol. The Balaban J connectivity index is 0.000000165. The highest BCUT2D eigenvalue weighted by atomic mass is 32.1. The number of nitrogens with zero attached hydrogens (tertiary/aromatic N) is 9. The second-order valence-electron chi connectivity index (χ2n) is 17.7. The maximum Gasteiger partial charge on any atom is 0.244 e. The lowest BCUT2D eigenvalue weighted by molar-refractivity contribution is -0.122. The number of hydrogen-bond acceptors (Lipinski definition) is 11. The van der Waals surface area contributed by atoms with Crippen LogP contribution < -0.4 is 15.1 Å². The first-order valence-corrected chi connectivity index (χ1v) is 24.4. The minimum absolute atomic E-state index is 0.0480. The third-order valence-corrected chi connectivity index (χ3v) is 13.5. The van der Waals surface area contributed by atoms with Crippen molar-refractivity contribution >= 4 is 34.5 Å². The number of rotatable bonds is 13. The van der Waals surface area contributed by atoms with Gasteiger partial charge in [-0.2, -0.15) is 10.2 Å². The summed E-state index contributed by atoms with van der Waals surface area (Å²) in [5.41, 5.74) is 15.2. The van der Waals surface area contributed by atoms with Crippen LogP contribution in [-0.4, -0.2) is 76.3 Å². The van der Waals surface area contributed by atoms with E-state index in [1.165, 1.54) is 5.56 Å². The molecule has 0 fully saturated rings. The highest BCUT2D eigenvalue weighted by molar-refractivity contribution is 7.07. The number of thiazole rings is 1. The van der Waals surface area contributed by atoms with E-state index in [9.17, 15) is 9.59 Å². The van der Waals surface area contributed by atoms with Crippen LogP contribution in [0.4, 0.5) is 11.4 Å². The Morgan fingerprint density at radius 1 is 0.643 bits per heavy atom. The van der Waals surface area contributed by atoms with Crippen molar-refractivity contribution in [1.82, 2.24) is 50.6 Å². The topological polar surface area (TPSA) is 174 Å². The number of aromatic nitrogens is 9. The van der Waals surface area contributed by atoms with Gasteiger partial charge in [-0.25, -0.2) is 15.0 Å². The number of benzene rings is 4. The first-order chi connectivity index (χ1) is 34.3. The molecule has 2 amide bonds. The summed E-state index contributed by atoms with van der Waals surface area (Å²) in [6.45, 7) is 7.61. The standard InChI is InChI=1S/C29H27N7OS.C26H25N5O/c1-19-33-28(35-34-19)25-14-22(21-7-10-30-11-8-21)15-27-24(25)9-12-36(27)29(37)26(13-20-5-3-2-4-6-20)31-16-23-17-38-18-32-23;1-17(14-19-6-4-3-5-7-19)26(32)31-13-10-22-23(25-28-18(2)29-30-25)15-21(16-24(22)31)20-8-11-27-12-9-20/h2-8,10-11,14-15,17-18,26,31H,9,12-13,16H2,1H3,(H,33,34,35);3-9,11-12,15-17H,10,13-14H2,1-2H3,(H,28,29,30)/t26-;17-/m00/s1. The summed E-state index contributed by atoms with van der Waals surface area (Å²) in [6.07, 6.45) is 9.97. The number of carbonyl (C=O) groups excluding carboxylic acids is 2. The summed E-state index contributed by atoms with van der Waals surface area (Å²) in [5, 5.41) is 20.3. The van der Waals surface area contributed by atoms with Gasteiger partial charge in [-0.1, -0.05) is 67.6 Å². The van der Waals surface area contributed by atoms with E-state index >= 15 is 0 Å². The van der Waals surface area contributed by atoms with Crippen molar-refractivity contribution in [2.45, 2.75) is 59.0 Å². The number of H-pyrrole nitrogens is 2. The number of amides is 2. The molecular formula is C55H52N12O2S. The number of nitrogens with one attached hydrogen (secondary N) is 3. The van der Waals surface area contributed by atoms with Crippen LogP contribution >= 0.6 is 11.3 Å². The predicted octanol–water partition coefficient (Wildman–Crippen LogP) is 9.20. The average Bonchev–Trinajstić information content (AvgIpc) is 4.28. The van der Waals surface area contributed by atoms with Crippen LogP contribution in [-0.2, 0) is 41.8 Å². The van der Waals surface area contributed by atoms with Crippen molar-refractivity contribution in [3.63, 3.8) is 0 Å². The van der Waals surface area contributed by atoms with Crippen molar-refractivity contribution in [3.05, 3.63) is 184 Å². The molecule has 7 heterocycles. The molecule has 11 rings (SSSR count). The SMILES string of the molecule is Cc1nc(-c2cc(-c3ccncc3)cc3c2CCN3C(=O)[C@@H](C)Cc2ccccc2)n[nH]1.Cc1nc(-c2cc(-c3ccncc3)cc3c2CCN3C(=O)[C@H](Cc2ccccc2)NCc2cscn2)n[nH]1. The van der Waals surface area contributed by atoms with E-state index < -0.39 is 6.04 Å². The Morgan fingerprint density at radius 3 is 1.61 bits per heavy atom. The second-order valence-corrected chi connectivity index (χ2v) is 18.4. The minimum atomic E-state index is -0.399. The lowest BCUT2D eigenvalue weighted by Crippen LogP contribution is -2.47. The molecule has 14 nitrogen and oxygen atoms in total. The molecule has 0 radical (unpaired) electrons. The minimum Gasteiger partial charge on any atom is -0.312 e. The number of hydrogen-bond donors (Lipinski definition) is 3. The van der Waals surface area contributed by atoms with Gasteiger partial charge in [0.05, 0.1) is 17.2 Å². The van der Waals surface area contributed by atoms with E-state index in [1.54, 1.807) is 36.1 Å².